The number of carbonyl (C=O) groups excluding carboxylic acids is 2. The highest BCUT2D eigenvalue weighted by Gasteiger charge is 2.25. The molecule has 0 aromatic rings. The normalized spacial score (nSPS) is 20.6. The summed E-state index contributed by atoms with van der Waals surface area (Å²) in [6.45, 7) is 3.83. The highest BCUT2D eigenvalue weighted by atomic mass is 16.5. The Hall–Kier alpha value is -1.12. The van der Waals surface area contributed by atoms with Crippen LogP contribution in [0.15, 0.2) is 11.6 Å². The topological polar surface area (TPSA) is 43.4 Å². The second-order valence-electron chi connectivity index (χ2n) is 3.48. The lowest BCUT2D eigenvalue weighted by Gasteiger charge is -2.05. The van der Waals surface area contributed by atoms with Crippen molar-refractivity contribution in [3.05, 3.63) is 11.6 Å². The van der Waals surface area contributed by atoms with E-state index in [-0.39, 0.29) is 17.9 Å². The highest BCUT2D eigenvalue weighted by molar-refractivity contribution is 5.91. The van der Waals surface area contributed by atoms with E-state index in [0.29, 0.717) is 12.8 Å². The zero-order valence-corrected chi connectivity index (χ0v) is 8.71. The smallest absolute Gasteiger partial charge is 0.334 e. The van der Waals surface area contributed by atoms with Crippen molar-refractivity contribution >= 4 is 11.8 Å². The first-order valence-electron chi connectivity index (χ1n) is 5.10. The minimum Gasteiger partial charge on any atom is -0.454 e. The van der Waals surface area contributed by atoms with Gasteiger partial charge in [-0.2, -0.15) is 0 Å². The van der Waals surface area contributed by atoms with Crippen LogP contribution in [-0.4, -0.2) is 17.9 Å². The van der Waals surface area contributed by atoms with E-state index in [0.717, 1.165) is 18.4 Å². The van der Waals surface area contributed by atoms with E-state index in [1.54, 1.807) is 6.08 Å². The summed E-state index contributed by atoms with van der Waals surface area (Å²) in [5.74, 6) is -0.113. The molecule has 0 fully saturated rings. The molecule has 3 heteroatoms. The van der Waals surface area contributed by atoms with E-state index in [9.17, 15) is 9.59 Å². The molecule has 0 saturated heterocycles. The van der Waals surface area contributed by atoms with Crippen LogP contribution in [0.5, 0.6) is 0 Å². The fraction of sp³-hybridized carbons (Fsp3) is 0.636. The van der Waals surface area contributed by atoms with Crippen molar-refractivity contribution in [3.8, 4) is 0 Å². The van der Waals surface area contributed by atoms with Crippen molar-refractivity contribution in [2.24, 2.45) is 0 Å². The first kappa shape index (κ1) is 11.0. The van der Waals surface area contributed by atoms with Gasteiger partial charge >= 0.3 is 5.97 Å². The van der Waals surface area contributed by atoms with E-state index in [4.69, 9.17) is 4.74 Å². The summed E-state index contributed by atoms with van der Waals surface area (Å²) < 4.78 is 5.05. The van der Waals surface area contributed by atoms with Crippen molar-refractivity contribution in [2.75, 3.05) is 0 Å². The Kier molecular flexibility index (Phi) is 3.86. The molecule has 0 saturated carbocycles. The van der Waals surface area contributed by atoms with Crippen LogP contribution in [0.25, 0.3) is 0 Å². The Balaban J connectivity index is 2.51. The van der Waals surface area contributed by atoms with Gasteiger partial charge in [0, 0.05) is 18.4 Å². The molecular formula is C11H16O3. The predicted molar refractivity (Wildman–Crippen MR) is 52.8 cm³/mol. The molecule has 0 bridgehead atoms. The van der Waals surface area contributed by atoms with Gasteiger partial charge in [0.2, 0.25) is 0 Å². The van der Waals surface area contributed by atoms with Gasteiger partial charge in [0.15, 0.2) is 0 Å². The van der Waals surface area contributed by atoms with Crippen molar-refractivity contribution in [1.29, 1.82) is 0 Å². The minimum absolute atomic E-state index is 0.136. The van der Waals surface area contributed by atoms with Crippen LogP contribution in [0.4, 0.5) is 0 Å². The van der Waals surface area contributed by atoms with Gasteiger partial charge in [0.1, 0.15) is 11.9 Å². The summed E-state index contributed by atoms with van der Waals surface area (Å²) in [7, 11) is 0. The molecule has 0 aromatic carbocycles. The molecule has 0 aromatic heterocycles. The molecule has 0 radical (unpaired) electrons. The van der Waals surface area contributed by atoms with Crippen molar-refractivity contribution in [1.82, 2.24) is 0 Å². The van der Waals surface area contributed by atoms with Crippen LogP contribution in [-0.2, 0) is 14.3 Å². The second-order valence-corrected chi connectivity index (χ2v) is 3.48. The van der Waals surface area contributed by atoms with Crippen LogP contribution < -0.4 is 0 Å². The molecule has 0 N–H and O–H groups in total. The molecule has 0 aliphatic carbocycles. The van der Waals surface area contributed by atoms with Gasteiger partial charge < -0.3 is 4.74 Å². The minimum atomic E-state index is -0.309. The molecule has 3 nitrogen and oxygen atoms in total. The number of esters is 1. The fourth-order valence-corrected chi connectivity index (χ4v) is 1.46. The van der Waals surface area contributed by atoms with Crippen LogP contribution in [0.3, 0.4) is 0 Å². The van der Waals surface area contributed by atoms with Crippen LogP contribution in [0, 0.1) is 0 Å². The summed E-state index contributed by atoms with van der Waals surface area (Å²) in [4.78, 5) is 22.4. The fourth-order valence-electron chi connectivity index (χ4n) is 1.46. The first-order chi connectivity index (χ1) is 6.67. The molecule has 14 heavy (non-hydrogen) atoms. The zero-order valence-electron chi connectivity index (χ0n) is 8.71. The van der Waals surface area contributed by atoms with Gasteiger partial charge in [0.25, 0.3) is 0 Å². The standard InChI is InChI=1S/C11H16O3/c1-3-5-8-6-10(14-11(8)13)7-9(12)4-2/h6,10H,3-5,7H2,1-2H3. The molecule has 0 spiro atoms. The Morgan fingerprint density at radius 3 is 2.79 bits per heavy atom. The van der Waals surface area contributed by atoms with Crippen LogP contribution in [0.2, 0.25) is 0 Å². The highest BCUT2D eigenvalue weighted by Crippen LogP contribution is 2.20. The third-order valence-corrected chi connectivity index (χ3v) is 2.25. The number of Topliss-reactive ketones (excluding diaryl/α,β-unsaturated/α-hetero) is 1. The van der Waals surface area contributed by atoms with E-state index in [1.165, 1.54) is 0 Å². The third kappa shape index (κ3) is 2.69. The molecule has 1 aliphatic rings. The maximum atomic E-state index is 11.2. The molecule has 1 atom stereocenters. The van der Waals surface area contributed by atoms with Gasteiger partial charge in [-0.25, -0.2) is 4.79 Å². The summed E-state index contributed by atoms with van der Waals surface area (Å²) in [5.41, 5.74) is 0.724. The molecule has 0 amide bonds. The lowest BCUT2D eigenvalue weighted by Crippen LogP contribution is -2.13. The van der Waals surface area contributed by atoms with E-state index >= 15 is 0 Å². The SMILES string of the molecule is CCCC1=CC(CC(=O)CC)OC1=O. The Bertz CT molecular complexity index is 266. The Morgan fingerprint density at radius 1 is 1.50 bits per heavy atom. The van der Waals surface area contributed by atoms with Gasteiger partial charge in [-0.1, -0.05) is 20.3 Å². The van der Waals surface area contributed by atoms with Crippen LogP contribution >= 0.6 is 0 Å². The number of ketones is 1. The summed E-state index contributed by atoms with van der Waals surface area (Å²) in [6.07, 6.45) is 3.99. The largest absolute Gasteiger partial charge is 0.454 e. The van der Waals surface area contributed by atoms with Crippen molar-refractivity contribution < 1.29 is 14.3 Å². The molecule has 78 valence electrons. The number of carbonyl (C=O) groups is 2. The summed E-state index contributed by atoms with van der Waals surface area (Å²) >= 11 is 0. The Morgan fingerprint density at radius 2 is 2.21 bits per heavy atom. The van der Waals surface area contributed by atoms with E-state index in [2.05, 4.69) is 0 Å². The van der Waals surface area contributed by atoms with Crippen molar-refractivity contribution in [3.63, 3.8) is 0 Å². The zero-order chi connectivity index (χ0) is 10.6. The predicted octanol–water partition coefficient (Wildman–Crippen LogP) is 2.01. The quantitative estimate of drug-likeness (QED) is 0.632. The van der Waals surface area contributed by atoms with Gasteiger partial charge in [-0.05, 0) is 12.5 Å². The number of cyclic esters (lactones) is 1. The first-order valence-corrected chi connectivity index (χ1v) is 5.10. The number of hydrogen-bond acceptors (Lipinski definition) is 3. The lowest BCUT2D eigenvalue weighted by atomic mass is 10.1. The van der Waals surface area contributed by atoms with Gasteiger partial charge in [-0.3, -0.25) is 4.79 Å². The Labute approximate surface area is 84.1 Å². The number of hydrogen-bond donors (Lipinski definition) is 0. The average molecular weight is 196 g/mol. The molecule has 1 aliphatic heterocycles. The molecule has 1 unspecified atom stereocenters. The monoisotopic (exact) mass is 196 g/mol. The molecule has 1 rings (SSSR count). The molecule has 1 heterocycles. The third-order valence-electron chi connectivity index (χ3n) is 2.25. The lowest BCUT2D eigenvalue weighted by molar-refractivity contribution is -0.140. The number of ether oxygens (including phenoxy) is 1. The second kappa shape index (κ2) is 4.94. The molecular weight excluding hydrogens is 180 g/mol. The summed E-state index contributed by atoms with van der Waals surface area (Å²) in [6, 6.07) is 0. The van der Waals surface area contributed by atoms with Gasteiger partial charge in [-0.15, -0.1) is 0 Å². The summed E-state index contributed by atoms with van der Waals surface area (Å²) in [5, 5.41) is 0. The number of rotatable bonds is 5. The average Bonchev–Trinajstić information content (AvgIpc) is 2.47. The van der Waals surface area contributed by atoms with Crippen molar-refractivity contribution in [2.45, 2.75) is 45.6 Å². The maximum Gasteiger partial charge on any atom is 0.334 e. The van der Waals surface area contributed by atoms with Crippen LogP contribution in [0.1, 0.15) is 39.5 Å². The maximum absolute atomic E-state index is 11.2. The van der Waals surface area contributed by atoms with E-state index < -0.39 is 0 Å². The van der Waals surface area contributed by atoms with Gasteiger partial charge in [0.05, 0.1) is 0 Å². The van der Waals surface area contributed by atoms with E-state index in [1.807, 2.05) is 13.8 Å².